The summed E-state index contributed by atoms with van der Waals surface area (Å²) < 4.78 is 0. The Labute approximate surface area is 133 Å². The summed E-state index contributed by atoms with van der Waals surface area (Å²) in [7, 11) is 1.55. The first-order valence-corrected chi connectivity index (χ1v) is 7.23. The van der Waals surface area contributed by atoms with E-state index in [0.717, 1.165) is 5.56 Å². The molecule has 1 unspecified atom stereocenters. The van der Waals surface area contributed by atoms with Crippen LogP contribution in [0.1, 0.15) is 24.8 Å². The minimum absolute atomic E-state index is 0.0528. The number of urea groups is 1. The molecule has 0 spiro atoms. The number of benzene rings is 1. The van der Waals surface area contributed by atoms with Gasteiger partial charge in [-0.25, -0.2) is 4.79 Å². The first-order valence-electron chi connectivity index (χ1n) is 6.47. The fourth-order valence-corrected chi connectivity index (χ4v) is 2.59. The lowest BCUT2D eigenvalue weighted by molar-refractivity contribution is -0.137. The molecule has 0 aliphatic rings. The molecule has 1 aromatic rings. The topological polar surface area (TPSA) is 69.6 Å². The molecule has 0 saturated carbocycles. The highest BCUT2D eigenvalue weighted by molar-refractivity contribution is 6.36. The van der Waals surface area contributed by atoms with Gasteiger partial charge in [0.05, 0.1) is 6.42 Å². The van der Waals surface area contributed by atoms with Crippen molar-refractivity contribution < 1.29 is 14.7 Å². The van der Waals surface area contributed by atoms with E-state index in [1.165, 1.54) is 4.90 Å². The van der Waals surface area contributed by atoms with E-state index in [2.05, 4.69) is 5.32 Å². The quantitative estimate of drug-likeness (QED) is 0.840. The number of halogens is 2. The van der Waals surface area contributed by atoms with Gasteiger partial charge in [0, 0.05) is 36.1 Å². The van der Waals surface area contributed by atoms with E-state index in [0.29, 0.717) is 16.6 Å². The molecule has 1 rings (SSSR count). The van der Waals surface area contributed by atoms with Crippen LogP contribution in [0.4, 0.5) is 4.79 Å². The summed E-state index contributed by atoms with van der Waals surface area (Å²) in [5.41, 5.74) is 0.786. The Morgan fingerprint density at radius 2 is 1.90 bits per heavy atom. The average Bonchev–Trinajstić information content (AvgIpc) is 2.41. The molecule has 0 radical (unpaired) electrons. The largest absolute Gasteiger partial charge is 0.481 e. The van der Waals surface area contributed by atoms with Crippen molar-refractivity contribution in [3.8, 4) is 0 Å². The van der Waals surface area contributed by atoms with E-state index in [9.17, 15) is 9.59 Å². The zero-order valence-electron chi connectivity index (χ0n) is 11.9. The molecule has 2 N–H and O–H groups in total. The highest BCUT2D eigenvalue weighted by atomic mass is 35.5. The molecule has 0 heterocycles. The molecule has 0 aliphatic carbocycles. The Hall–Kier alpha value is -1.46. The van der Waals surface area contributed by atoms with Crippen molar-refractivity contribution in [1.29, 1.82) is 0 Å². The Morgan fingerprint density at radius 1 is 1.33 bits per heavy atom. The van der Waals surface area contributed by atoms with Gasteiger partial charge in [-0.15, -0.1) is 0 Å². The third-order valence-corrected chi connectivity index (χ3v) is 3.72. The highest BCUT2D eigenvalue weighted by Gasteiger charge is 2.16. The maximum Gasteiger partial charge on any atom is 0.317 e. The SMILES string of the molecule is CC(CNC(=O)N(C)CCC(=O)O)c1c(Cl)cccc1Cl. The summed E-state index contributed by atoms with van der Waals surface area (Å²) in [4.78, 5) is 23.6. The van der Waals surface area contributed by atoms with E-state index in [1.807, 2.05) is 6.92 Å². The summed E-state index contributed by atoms with van der Waals surface area (Å²) in [6.45, 7) is 2.42. The van der Waals surface area contributed by atoms with Gasteiger partial charge >= 0.3 is 12.0 Å². The lowest BCUT2D eigenvalue weighted by atomic mass is 10.0. The third kappa shape index (κ3) is 5.44. The van der Waals surface area contributed by atoms with E-state index >= 15 is 0 Å². The van der Waals surface area contributed by atoms with Gasteiger partial charge < -0.3 is 15.3 Å². The van der Waals surface area contributed by atoms with E-state index < -0.39 is 5.97 Å². The van der Waals surface area contributed by atoms with Crippen LogP contribution in [0.3, 0.4) is 0 Å². The summed E-state index contributed by atoms with van der Waals surface area (Å²) in [5.74, 6) is -0.992. The van der Waals surface area contributed by atoms with Crippen LogP contribution in [0.2, 0.25) is 10.0 Å². The summed E-state index contributed by atoms with van der Waals surface area (Å²) in [5, 5.41) is 12.4. The van der Waals surface area contributed by atoms with Crippen LogP contribution < -0.4 is 5.32 Å². The number of rotatable bonds is 6. The van der Waals surface area contributed by atoms with Gasteiger partial charge in [-0.2, -0.15) is 0 Å². The number of amides is 2. The van der Waals surface area contributed by atoms with Crippen LogP contribution in [-0.2, 0) is 4.79 Å². The van der Waals surface area contributed by atoms with E-state index in [4.69, 9.17) is 28.3 Å². The normalized spacial score (nSPS) is 11.8. The molecule has 116 valence electrons. The number of carbonyl (C=O) groups is 2. The number of carbonyl (C=O) groups excluding carboxylic acids is 1. The van der Waals surface area contributed by atoms with Gasteiger partial charge in [-0.3, -0.25) is 4.79 Å². The van der Waals surface area contributed by atoms with Gasteiger partial charge in [0.1, 0.15) is 0 Å². The van der Waals surface area contributed by atoms with Crippen LogP contribution in [0, 0.1) is 0 Å². The monoisotopic (exact) mass is 332 g/mol. The van der Waals surface area contributed by atoms with Crippen molar-refractivity contribution in [2.45, 2.75) is 19.3 Å². The van der Waals surface area contributed by atoms with Crippen molar-refractivity contribution in [2.24, 2.45) is 0 Å². The molecule has 1 atom stereocenters. The molecule has 0 bridgehead atoms. The van der Waals surface area contributed by atoms with Gasteiger partial charge in [-0.1, -0.05) is 36.2 Å². The predicted molar refractivity (Wildman–Crippen MR) is 83.2 cm³/mol. The van der Waals surface area contributed by atoms with Gasteiger partial charge in [0.25, 0.3) is 0 Å². The Morgan fingerprint density at radius 3 is 2.43 bits per heavy atom. The molecule has 0 saturated heterocycles. The number of hydrogen-bond donors (Lipinski definition) is 2. The molecule has 1 aromatic carbocycles. The molecule has 7 heteroatoms. The van der Waals surface area contributed by atoms with Crippen LogP contribution in [0.5, 0.6) is 0 Å². The molecule has 0 aromatic heterocycles. The molecule has 5 nitrogen and oxygen atoms in total. The molecule has 0 fully saturated rings. The summed E-state index contributed by atoms with van der Waals surface area (Å²) in [6, 6.07) is 4.94. The maximum atomic E-state index is 11.8. The van der Waals surface area contributed by atoms with Crippen molar-refractivity contribution >= 4 is 35.2 Å². The second-order valence-corrected chi connectivity index (χ2v) is 5.60. The van der Waals surface area contributed by atoms with Crippen LogP contribution in [0.25, 0.3) is 0 Å². The van der Waals surface area contributed by atoms with E-state index in [1.54, 1.807) is 25.2 Å². The Bertz CT molecular complexity index is 503. The van der Waals surface area contributed by atoms with Crippen LogP contribution >= 0.6 is 23.2 Å². The number of nitrogens with one attached hydrogen (secondary N) is 1. The van der Waals surface area contributed by atoms with Crippen LogP contribution in [0.15, 0.2) is 18.2 Å². The molecule has 0 aliphatic heterocycles. The third-order valence-electron chi connectivity index (χ3n) is 3.06. The lowest BCUT2D eigenvalue weighted by Gasteiger charge is -2.20. The Kier molecular flexibility index (Phi) is 6.78. The fraction of sp³-hybridized carbons (Fsp3) is 0.429. The number of carboxylic acids is 1. The Balaban J connectivity index is 2.54. The number of aliphatic carboxylic acids is 1. The standard InChI is InChI=1S/C14H18Cl2N2O3/c1-9(13-10(15)4-3-5-11(13)16)8-17-14(21)18(2)7-6-12(19)20/h3-5,9H,6-8H2,1-2H3,(H,17,21)(H,19,20). The zero-order valence-corrected chi connectivity index (χ0v) is 13.4. The predicted octanol–water partition coefficient (Wildman–Crippen LogP) is 3.21. The van der Waals surface area contributed by atoms with Crippen molar-refractivity contribution in [1.82, 2.24) is 10.2 Å². The smallest absolute Gasteiger partial charge is 0.317 e. The minimum Gasteiger partial charge on any atom is -0.481 e. The zero-order chi connectivity index (χ0) is 16.0. The molecular formula is C14H18Cl2N2O3. The minimum atomic E-state index is -0.939. The second kappa shape index (κ2) is 8.10. The van der Waals surface area contributed by atoms with Crippen molar-refractivity contribution in [3.63, 3.8) is 0 Å². The number of nitrogens with zero attached hydrogens (tertiary/aromatic N) is 1. The second-order valence-electron chi connectivity index (χ2n) is 4.79. The summed E-state index contributed by atoms with van der Waals surface area (Å²) in [6.07, 6.45) is -0.0875. The first kappa shape index (κ1) is 17.6. The summed E-state index contributed by atoms with van der Waals surface area (Å²) >= 11 is 12.2. The molecular weight excluding hydrogens is 315 g/mol. The first-order chi connectivity index (χ1) is 9.82. The number of carboxylic acid groups (broad SMARTS) is 1. The lowest BCUT2D eigenvalue weighted by Crippen LogP contribution is -2.39. The molecule has 21 heavy (non-hydrogen) atoms. The highest BCUT2D eigenvalue weighted by Crippen LogP contribution is 2.30. The number of hydrogen-bond acceptors (Lipinski definition) is 2. The van der Waals surface area contributed by atoms with Gasteiger partial charge in [-0.05, 0) is 17.7 Å². The van der Waals surface area contributed by atoms with Gasteiger partial charge in [0.2, 0.25) is 0 Å². The van der Waals surface area contributed by atoms with Gasteiger partial charge in [0.15, 0.2) is 0 Å². The maximum absolute atomic E-state index is 11.8. The van der Waals surface area contributed by atoms with Crippen molar-refractivity contribution in [3.05, 3.63) is 33.8 Å². The fourth-order valence-electron chi connectivity index (χ4n) is 1.82. The van der Waals surface area contributed by atoms with Crippen molar-refractivity contribution in [2.75, 3.05) is 20.1 Å². The van der Waals surface area contributed by atoms with Crippen LogP contribution in [-0.4, -0.2) is 42.1 Å². The van der Waals surface area contributed by atoms with E-state index in [-0.39, 0.29) is 24.9 Å². The average molecular weight is 333 g/mol. The molecule has 2 amide bonds.